The molecule has 2 nitrogen and oxygen atoms in total. The van der Waals surface area contributed by atoms with Crippen LogP contribution in [0.1, 0.15) is 13.3 Å². The number of fused-ring (bicyclic) bond motifs is 1. The highest BCUT2D eigenvalue weighted by Gasteiger charge is 2.40. The van der Waals surface area contributed by atoms with E-state index in [0.717, 1.165) is 6.42 Å². The first-order valence-electron chi connectivity index (χ1n) is 3.28. The first-order chi connectivity index (χ1) is 4.29. The molecule has 2 aliphatic heterocycles. The number of hydrogen-bond donors (Lipinski definition) is 0. The Morgan fingerprint density at radius 3 is 3.00 bits per heavy atom. The van der Waals surface area contributed by atoms with Crippen molar-refractivity contribution in [2.24, 2.45) is 5.92 Å². The fourth-order valence-corrected chi connectivity index (χ4v) is 1.44. The lowest BCUT2D eigenvalue weighted by Crippen LogP contribution is -2.48. The van der Waals surface area contributed by atoms with Crippen molar-refractivity contribution in [3.05, 3.63) is 12.3 Å². The largest absolute Gasteiger partial charge is 0.315 e. The first kappa shape index (κ1) is 5.03. The molecule has 2 rings (SSSR count). The third-order valence-corrected chi connectivity index (χ3v) is 2.19. The molecule has 0 aromatic carbocycles. The van der Waals surface area contributed by atoms with Crippen molar-refractivity contribution >= 4 is 5.91 Å². The Hall–Kier alpha value is -0.790. The van der Waals surface area contributed by atoms with E-state index in [2.05, 4.69) is 13.0 Å². The number of β-lactam (4-membered cyclic amide) rings is 1. The molecule has 0 N–H and O–H groups in total. The summed E-state index contributed by atoms with van der Waals surface area (Å²) in [5.41, 5.74) is 0. The minimum Gasteiger partial charge on any atom is -0.315 e. The molecule has 0 radical (unpaired) electrons. The van der Waals surface area contributed by atoms with Gasteiger partial charge in [-0.25, -0.2) is 0 Å². The summed E-state index contributed by atoms with van der Waals surface area (Å²) in [6.07, 6.45) is 4.75. The zero-order valence-electron chi connectivity index (χ0n) is 5.37. The van der Waals surface area contributed by atoms with Crippen molar-refractivity contribution in [1.29, 1.82) is 0 Å². The van der Waals surface area contributed by atoms with Crippen LogP contribution in [0.5, 0.6) is 0 Å². The van der Waals surface area contributed by atoms with E-state index in [9.17, 15) is 4.79 Å². The Labute approximate surface area is 54.1 Å². The summed E-state index contributed by atoms with van der Waals surface area (Å²) < 4.78 is 0. The smallest absolute Gasteiger partial charge is 0.228 e. The molecule has 1 fully saturated rings. The van der Waals surface area contributed by atoms with Crippen LogP contribution >= 0.6 is 0 Å². The van der Waals surface area contributed by atoms with Crippen LogP contribution in [0.25, 0.3) is 0 Å². The highest BCUT2D eigenvalue weighted by molar-refractivity contribution is 5.85. The van der Waals surface area contributed by atoms with Crippen molar-refractivity contribution in [2.45, 2.75) is 19.4 Å². The van der Waals surface area contributed by atoms with Crippen LogP contribution in [0.3, 0.4) is 0 Å². The van der Waals surface area contributed by atoms with Crippen molar-refractivity contribution in [3.63, 3.8) is 0 Å². The number of carbonyl (C=O) groups is 1. The summed E-state index contributed by atoms with van der Waals surface area (Å²) in [5.74, 6) is 0.864. The molecule has 48 valence electrons. The van der Waals surface area contributed by atoms with Gasteiger partial charge in [-0.15, -0.1) is 0 Å². The highest BCUT2D eigenvalue weighted by Crippen LogP contribution is 2.32. The molecule has 1 saturated heterocycles. The van der Waals surface area contributed by atoms with Gasteiger partial charge in [0, 0.05) is 12.6 Å². The van der Waals surface area contributed by atoms with E-state index in [1.807, 2.05) is 11.1 Å². The lowest BCUT2D eigenvalue weighted by Gasteiger charge is -2.35. The zero-order chi connectivity index (χ0) is 6.43. The maximum absolute atomic E-state index is 10.7. The average molecular weight is 123 g/mol. The molecule has 0 saturated carbocycles. The quantitative estimate of drug-likeness (QED) is 0.435. The minimum absolute atomic E-state index is 0.278. The Morgan fingerprint density at radius 2 is 2.56 bits per heavy atom. The average Bonchev–Trinajstić information content (AvgIpc) is 2.07. The highest BCUT2D eigenvalue weighted by atomic mass is 16.2. The van der Waals surface area contributed by atoms with Crippen molar-refractivity contribution in [2.75, 3.05) is 0 Å². The molecule has 2 atom stereocenters. The topological polar surface area (TPSA) is 20.3 Å². The van der Waals surface area contributed by atoms with Gasteiger partial charge in [0.15, 0.2) is 0 Å². The van der Waals surface area contributed by atoms with E-state index in [1.165, 1.54) is 0 Å². The van der Waals surface area contributed by atoms with Gasteiger partial charge >= 0.3 is 0 Å². The predicted octanol–water partition coefficient (Wildman–Crippen LogP) is 0.751. The van der Waals surface area contributed by atoms with Crippen LogP contribution in [-0.4, -0.2) is 16.8 Å². The van der Waals surface area contributed by atoms with Gasteiger partial charge in [-0.1, -0.05) is 13.0 Å². The van der Waals surface area contributed by atoms with Gasteiger partial charge in [0.2, 0.25) is 5.91 Å². The number of amides is 1. The molecule has 2 heteroatoms. The van der Waals surface area contributed by atoms with Gasteiger partial charge in [0.25, 0.3) is 0 Å². The summed E-state index contributed by atoms with van der Waals surface area (Å²) in [6.45, 7) is 2.15. The second kappa shape index (κ2) is 1.38. The van der Waals surface area contributed by atoms with Crippen LogP contribution in [-0.2, 0) is 4.79 Å². The standard InChI is InChI=1S/C7H9NO/c1-5-2-3-8-6(5)4-7(8)9/h2-3,5-6H,4H2,1H3. The summed E-state index contributed by atoms with van der Waals surface area (Å²) in [4.78, 5) is 12.6. The molecule has 0 aromatic heterocycles. The normalized spacial score (nSPS) is 38.8. The molecule has 2 unspecified atom stereocenters. The lowest BCUT2D eigenvalue weighted by molar-refractivity contribution is -0.141. The van der Waals surface area contributed by atoms with Gasteiger partial charge in [-0.3, -0.25) is 4.79 Å². The van der Waals surface area contributed by atoms with Gasteiger partial charge in [-0.2, -0.15) is 0 Å². The maximum Gasteiger partial charge on any atom is 0.228 e. The fraction of sp³-hybridized carbons (Fsp3) is 0.571. The summed E-state index contributed by atoms with van der Waals surface area (Å²) in [6, 6.07) is 0.512. The first-order valence-corrected chi connectivity index (χ1v) is 3.28. The van der Waals surface area contributed by atoms with Crippen LogP contribution in [0.2, 0.25) is 0 Å². The minimum atomic E-state index is 0.278. The molecule has 9 heavy (non-hydrogen) atoms. The van der Waals surface area contributed by atoms with Crippen molar-refractivity contribution in [1.82, 2.24) is 4.90 Å². The molecule has 0 bridgehead atoms. The number of carbonyl (C=O) groups excluding carboxylic acids is 1. The molecular weight excluding hydrogens is 114 g/mol. The monoisotopic (exact) mass is 123 g/mol. The van der Waals surface area contributed by atoms with Crippen LogP contribution < -0.4 is 0 Å². The van der Waals surface area contributed by atoms with E-state index in [-0.39, 0.29) is 5.91 Å². The number of rotatable bonds is 0. The summed E-state index contributed by atoms with van der Waals surface area (Å²) >= 11 is 0. The maximum atomic E-state index is 10.7. The fourth-order valence-electron chi connectivity index (χ4n) is 1.44. The second-order valence-electron chi connectivity index (χ2n) is 2.77. The number of nitrogens with zero attached hydrogens (tertiary/aromatic N) is 1. The van der Waals surface area contributed by atoms with Gasteiger partial charge in [-0.05, 0) is 5.92 Å². The second-order valence-corrected chi connectivity index (χ2v) is 2.77. The predicted molar refractivity (Wildman–Crippen MR) is 33.6 cm³/mol. The van der Waals surface area contributed by atoms with Crippen LogP contribution in [0.15, 0.2) is 12.3 Å². The molecular formula is C7H9NO. The van der Waals surface area contributed by atoms with Gasteiger partial charge in [0.1, 0.15) is 0 Å². The molecule has 1 amide bonds. The SMILES string of the molecule is CC1C=CN2C(=O)CC12. The Kier molecular flexibility index (Phi) is 0.770. The molecule has 0 spiro atoms. The van der Waals surface area contributed by atoms with Crippen molar-refractivity contribution < 1.29 is 4.79 Å². The third kappa shape index (κ3) is 0.479. The molecule has 0 aliphatic carbocycles. The Bertz CT molecular complexity index is 185. The van der Waals surface area contributed by atoms with Crippen LogP contribution in [0, 0.1) is 5.92 Å². The zero-order valence-corrected chi connectivity index (χ0v) is 5.37. The Balaban J connectivity index is 2.19. The van der Waals surface area contributed by atoms with Gasteiger partial charge in [0.05, 0.1) is 6.04 Å². The molecule has 0 aromatic rings. The van der Waals surface area contributed by atoms with E-state index < -0.39 is 0 Å². The summed E-state index contributed by atoms with van der Waals surface area (Å²) in [7, 11) is 0. The van der Waals surface area contributed by atoms with Gasteiger partial charge < -0.3 is 4.90 Å². The van der Waals surface area contributed by atoms with Crippen LogP contribution in [0.4, 0.5) is 0 Å². The molecule has 2 aliphatic rings. The van der Waals surface area contributed by atoms with Crippen molar-refractivity contribution in [3.8, 4) is 0 Å². The van der Waals surface area contributed by atoms with E-state index in [4.69, 9.17) is 0 Å². The van der Waals surface area contributed by atoms with E-state index >= 15 is 0 Å². The molecule has 2 heterocycles. The lowest BCUT2D eigenvalue weighted by atomic mass is 9.94. The Morgan fingerprint density at radius 1 is 1.78 bits per heavy atom. The van der Waals surface area contributed by atoms with E-state index in [0.29, 0.717) is 12.0 Å². The van der Waals surface area contributed by atoms with E-state index in [1.54, 1.807) is 0 Å². The number of hydrogen-bond acceptors (Lipinski definition) is 1. The third-order valence-electron chi connectivity index (χ3n) is 2.19. The summed E-state index contributed by atoms with van der Waals surface area (Å²) in [5, 5.41) is 0.